The summed E-state index contributed by atoms with van der Waals surface area (Å²) in [5.41, 5.74) is 8.23. The molecule has 0 radical (unpaired) electrons. The molecule has 1 amide bonds. The SMILES string of the molecule is CCc1ccc(C(C)NC(=O)C[C@@H](CN)CC(C)C)cc1. The third-order valence-corrected chi connectivity index (χ3v) is 3.88. The van der Waals surface area contributed by atoms with Gasteiger partial charge in [-0.05, 0) is 49.3 Å². The lowest BCUT2D eigenvalue weighted by atomic mass is 9.94. The average Bonchev–Trinajstić information content (AvgIpc) is 2.45. The van der Waals surface area contributed by atoms with E-state index in [9.17, 15) is 4.79 Å². The van der Waals surface area contributed by atoms with Crippen LogP contribution in [0.2, 0.25) is 0 Å². The molecular formula is C18H30N2O. The van der Waals surface area contributed by atoms with E-state index < -0.39 is 0 Å². The molecule has 0 aliphatic heterocycles. The van der Waals surface area contributed by atoms with Gasteiger partial charge in [0, 0.05) is 6.42 Å². The zero-order valence-corrected chi connectivity index (χ0v) is 13.9. The van der Waals surface area contributed by atoms with Crippen LogP contribution < -0.4 is 11.1 Å². The smallest absolute Gasteiger partial charge is 0.220 e. The minimum Gasteiger partial charge on any atom is -0.350 e. The Kier molecular flexibility index (Phi) is 7.44. The zero-order valence-electron chi connectivity index (χ0n) is 13.9. The number of amides is 1. The van der Waals surface area contributed by atoms with E-state index in [1.54, 1.807) is 0 Å². The van der Waals surface area contributed by atoms with Crippen LogP contribution in [0.25, 0.3) is 0 Å². The van der Waals surface area contributed by atoms with Gasteiger partial charge in [-0.2, -0.15) is 0 Å². The van der Waals surface area contributed by atoms with E-state index >= 15 is 0 Å². The first kappa shape index (κ1) is 17.7. The summed E-state index contributed by atoms with van der Waals surface area (Å²) in [5, 5.41) is 3.08. The molecule has 3 N–H and O–H groups in total. The number of benzene rings is 1. The number of aryl methyl sites for hydroxylation is 1. The van der Waals surface area contributed by atoms with Crippen molar-refractivity contribution >= 4 is 5.91 Å². The molecule has 3 nitrogen and oxygen atoms in total. The highest BCUT2D eigenvalue weighted by molar-refractivity contribution is 5.76. The van der Waals surface area contributed by atoms with E-state index in [2.05, 4.69) is 50.4 Å². The predicted molar refractivity (Wildman–Crippen MR) is 89.0 cm³/mol. The minimum absolute atomic E-state index is 0.0425. The van der Waals surface area contributed by atoms with Gasteiger partial charge in [-0.1, -0.05) is 45.0 Å². The molecule has 0 fully saturated rings. The fraction of sp³-hybridized carbons (Fsp3) is 0.611. The Bertz CT molecular complexity index is 425. The highest BCUT2D eigenvalue weighted by Crippen LogP contribution is 2.17. The van der Waals surface area contributed by atoms with Crippen LogP contribution in [0.3, 0.4) is 0 Å². The van der Waals surface area contributed by atoms with Crippen molar-refractivity contribution in [2.24, 2.45) is 17.6 Å². The molecule has 2 atom stereocenters. The largest absolute Gasteiger partial charge is 0.350 e. The number of hydrogen-bond acceptors (Lipinski definition) is 2. The summed E-state index contributed by atoms with van der Waals surface area (Å²) in [5.74, 6) is 0.947. The lowest BCUT2D eigenvalue weighted by Crippen LogP contribution is -2.30. The van der Waals surface area contributed by atoms with Gasteiger partial charge in [0.15, 0.2) is 0 Å². The molecule has 0 aliphatic carbocycles. The van der Waals surface area contributed by atoms with Crippen molar-refractivity contribution in [3.8, 4) is 0 Å². The van der Waals surface area contributed by atoms with Crippen LogP contribution >= 0.6 is 0 Å². The Hall–Kier alpha value is -1.35. The maximum absolute atomic E-state index is 12.1. The second-order valence-corrected chi connectivity index (χ2v) is 6.32. The molecule has 3 heteroatoms. The number of rotatable bonds is 8. The maximum atomic E-state index is 12.1. The van der Waals surface area contributed by atoms with Crippen molar-refractivity contribution in [1.82, 2.24) is 5.32 Å². The molecular weight excluding hydrogens is 260 g/mol. The summed E-state index contributed by atoms with van der Waals surface area (Å²) in [6.45, 7) is 9.07. The van der Waals surface area contributed by atoms with Crippen molar-refractivity contribution in [3.63, 3.8) is 0 Å². The number of carbonyl (C=O) groups is 1. The van der Waals surface area contributed by atoms with Gasteiger partial charge in [-0.25, -0.2) is 0 Å². The normalized spacial score (nSPS) is 14.0. The first-order chi connectivity index (χ1) is 9.96. The second kappa shape index (κ2) is 8.83. The molecule has 0 saturated heterocycles. The fourth-order valence-electron chi connectivity index (χ4n) is 2.62. The standard InChI is InChI=1S/C18H30N2O/c1-5-15-6-8-17(9-7-15)14(4)20-18(21)11-16(12-19)10-13(2)3/h6-9,13-14,16H,5,10-12,19H2,1-4H3,(H,20,21)/t14?,16-/m0/s1. The third-order valence-electron chi connectivity index (χ3n) is 3.88. The molecule has 1 unspecified atom stereocenters. The summed E-state index contributed by atoms with van der Waals surface area (Å²) in [6.07, 6.45) is 2.56. The van der Waals surface area contributed by atoms with Crippen LogP contribution in [0.4, 0.5) is 0 Å². The summed E-state index contributed by atoms with van der Waals surface area (Å²) in [4.78, 5) is 12.1. The quantitative estimate of drug-likeness (QED) is 0.770. The predicted octanol–water partition coefficient (Wildman–Crippen LogP) is 3.44. The lowest BCUT2D eigenvalue weighted by molar-refractivity contribution is -0.122. The monoisotopic (exact) mass is 290 g/mol. The first-order valence-electron chi connectivity index (χ1n) is 8.04. The fourth-order valence-corrected chi connectivity index (χ4v) is 2.62. The van der Waals surface area contributed by atoms with Crippen molar-refractivity contribution in [1.29, 1.82) is 0 Å². The van der Waals surface area contributed by atoms with Gasteiger partial charge < -0.3 is 11.1 Å². The molecule has 0 saturated carbocycles. The van der Waals surface area contributed by atoms with Gasteiger partial charge in [0.05, 0.1) is 6.04 Å². The molecule has 21 heavy (non-hydrogen) atoms. The van der Waals surface area contributed by atoms with Gasteiger partial charge in [-0.15, -0.1) is 0 Å². The van der Waals surface area contributed by atoms with E-state index in [0.717, 1.165) is 18.4 Å². The van der Waals surface area contributed by atoms with Gasteiger partial charge >= 0.3 is 0 Å². The topological polar surface area (TPSA) is 55.1 Å². The number of nitrogens with one attached hydrogen (secondary N) is 1. The second-order valence-electron chi connectivity index (χ2n) is 6.32. The third kappa shape index (κ3) is 6.30. The zero-order chi connectivity index (χ0) is 15.8. The van der Waals surface area contributed by atoms with Gasteiger partial charge in [-0.3, -0.25) is 4.79 Å². The number of carbonyl (C=O) groups excluding carboxylic acids is 1. The van der Waals surface area contributed by atoms with Crippen molar-refractivity contribution in [2.45, 2.75) is 53.0 Å². The maximum Gasteiger partial charge on any atom is 0.220 e. The van der Waals surface area contributed by atoms with Gasteiger partial charge in [0.1, 0.15) is 0 Å². The summed E-state index contributed by atoms with van der Waals surface area (Å²) >= 11 is 0. The Labute approximate surface area is 129 Å². The molecule has 0 aliphatic rings. The van der Waals surface area contributed by atoms with E-state index in [0.29, 0.717) is 18.9 Å². The molecule has 0 heterocycles. The molecule has 0 spiro atoms. The van der Waals surface area contributed by atoms with Crippen LogP contribution in [0.15, 0.2) is 24.3 Å². The highest BCUT2D eigenvalue weighted by Gasteiger charge is 2.16. The molecule has 1 aromatic carbocycles. The summed E-state index contributed by atoms with van der Waals surface area (Å²) in [7, 11) is 0. The molecule has 118 valence electrons. The Morgan fingerprint density at radius 2 is 1.81 bits per heavy atom. The molecule has 0 aromatic heterocycles. The Morgan fingerprint density at radius 1 is 1.19 bits per heavy atom. The lowest BCUT2D eigenvalue weighted by Gasteiger charge is -2.19. The summed E-state index contributed by atoms with van der Waals surface area (Å²) < 4.78 is 0. The van der Waals surface area contributed by atoms with Gasteiger partial charge in [0.2, 0.25) is 5.91 Å². The van der Waals surface area contributed by atoms with E-state index in [4.69, 9.17) is 5.73 Å². The minimum atomic E-state index is 0.0425. The molecule has 1 rings (SSSR count). The highest BCUT2D eigenvalue weighted by atomic mass is 16.1. The van der Waals surface area contributed by atoms with Crippen LogP contribution in [0, 0.1) is 11.8 Å². The average molecular weight is 290 g/mol. The molecule has 1 aromatic rings. The Morgan fingerprint density at radius 3 is 2.29 bits per heavy atom. The van der Waals surface area contributed by atoms with Crippen LogP contribution in [-0.4, -0.2) is 12.5 Å². The van der Waals surface area contributed by atoms with Crippen molar-refractivity contribution < 1.29 is 4.79 Å². The van der Waals surface area contributed by atoms with E-state index in [1.165, 1.54) is 5.56 Å². The number of nitrogens with two attached hydrogens (primary N) is 1. The number of hydrogen-bond donors (Lipinski definition) is 2. The summed E-state index contributed by atoms with van der Waals surface area (Å²) in [6, 6.07) is 8.48. The van der Waals surface area contributed by atoms with Crippen molar-refractivity contribution in [2.75, 3.05) is 6.54 Å². The van der Waals surface area contributed by atoms with E-state index in [-0.39, 0.29) is 17.9 Å². The van der Waals surface area contributed by atoms with Crippen LogP contribution in [0.5, 0.6) is 0 Å². The van der Waals surface area contributed by atoms with Crippen molar-refractivity contribution in [3.05, 3.63) is 35.4 Å². The molecule has 0 bridgehead atoms. The van der Waals surface area contributed by atoms with E-state index in [1.807, 2.05) is 6.92 Å². The van der Waals surface area contributed by atoms with Gasteiger partial charge in [0.25, 0.3) is 0 Å². The van der Waals surface area contributed by atoms with Crippen LogP contribution in [-0.2, 0) is 11.2 Å². The first-order valence-corrected chi connectivity index (χ1v) is 8.04. The Balaban J connectivity index is 2.52. The van der Waals surface area contributed by atoms with Crippen LogP contribution in [0.1, 0.15) is 57.7 Å².